The Morgan fingerprint density at radius 3 is 2.68 bits per heavy atom. The second-order valence-corrected chi connectivity index (χ2v) is 5.76. The number of carbonyl (C=O) groups is 2. The van der Waals surface area contributed by atoms with Crippen molar-refractivity contribution in [2.75, 3.05) is 6.54 Å². The van der Waals surface area contributed by atoms with Gasteiger partial charge in [0.1, 0.15) is 5.15 Å². The van der Waals surface area contributed by atoms with E-state index in [-0.39, 0.29) is 28.8 Å². The average Bonchev–Trinajstić information content (AvgIpc) is 2.66. The maximum atomic E-state index is 12.3. The van der Waals surface area contributed by atoms with Crippen LogP contribution in [0, 0.1) is 5.92 Å². The molecule has 102 valence electrons. The number of carbonyl (C=O) groups excluding carboxylic acids is 2. The summed E-state index contributed by atoms with van der Waals surface area (Å²) in [7, 11) is 0. The fourth-order valence-corrected chi connectivity index (χ4v) is 2.39. The van der Waals surface area contributed by atoms with E-state index in [1.807, 2.05) is 20.8 Å². The lowest BCUT2D eigenvalue weighted by atomic mass is 10.1. The molecule has 0 bridgehead atoms. The van der Waals surface area contributed by atoms with E-state index in [1.165, 1.54) is 11.0 Å². The summed E-state index contributed by atoms with van der Waals surface area (Å²) < 4.78 is 0. The van der Waals surface area contributed by atoms with Crippen LogP contribution in [-0.4, -0.2) is 28.2 Å². The molecular weight excluding hydrogens is 264 g/mol. The van der Waals surface area contributed by atoms with Gasteiger partial charge in [-0.25, -0.2) is 4.98 Å². The van der Waals surface area contributed by atoms with E-state index in [9.17, 15) is 9.59 Å². The Bertz CT molecular complexity index is 528. The molecule has 1 aliphatic rings. The number of nitrogens with zero attached hydrogens (tertiary/aromatic N) is 2. The van der Waals surface area contributed by atoms with E-state index in [0.717, 1.165) is 5.69 Å². The summed E-state index contributed by atoms with van der Waals surface area (Å²) in [4.78, 5) is 29.6. The van der Waals surface area contributed by atoms with Gasteiger partial charge in [0.2, 0.25) is 5.91 Å². The summed E-state index contributed by atoms with van der Waals surface area (Å²) in [6.07, 6.45) is 0.432. The molecule has 0 N–H and O–H groups in total. The number of imide groups is 1. The molecule has 0 spiro atoms. The van der Waals surface area contributed by atoms with Crippen molar-refractivity contribution in [2.24, 2.45) is 5.92 Å². The van der Waals surface area contributed by atoms with Gasteiger partial charge in [0.05, 0.1) is 0 Å². The zero-order chi connectivity index (χ0) is 14.2. The van der Waals surface area contributed by atoms with Gasteiger partial charge in [0.25, 0.3) is 5.91 Å². The fourth-order valence-electron chi connectivity index (χ4n) is 2.17. The zero-order valence-corrected chi connectivity index (χ0v) is 12.1. The van der Waals surface area contributed by atoms with Crippen molar-refractivity contribution in [3.8, 4) is 0 Å². The standard InChI is InChI=1S/C14H17ClN2O2/c1-8(2)11-5-10(6-12(15)16-11)14(19)17-7-9(3)4-13(17)18/h5-6,8-9H,4,7H2,1-3H3. The van der Waals surface area contributed by atoms with Gasteiger partial charge in [-0.05, 0) is 24.0 Å². The number of aromatic nitrogens is 1. The highest BCUT2D eigenvalue weighted by molar-refractivity contribution is 6.29. The van der Waals surface area contributed by atoms with E-state index in [1.54, 1.807) is 6.07 Å². The number of rotatable bonds is 2. The molecule has 5 heteroatoms. The average molecular weight is 281 g/mol. The third-order valence-electron chi connectivity index (χ3n) is 3.22. The lowest BCUT2D eigenvalue weighted by molar-refractivity contribution is -0.125. The Hall–Kier alpha value is -1.42. The minimum Gasteiger partial charge on any atom is -0.278 e. The highest BCUT2D eigenvalue weighted by Crippen LogP contribution is 2.22. The topological polar surface area (TPSA) is 50.3 Å². The number of hydrogen-bond acceptors (Lipinski definition) is 3. The molecule has 1 fully saturated rings. The van der Waals surface area contributed by atoms with Gasteiger partial charge in [-0.2, -0.15) is 0 Å². The summed E-state index contributed by atoms with van der Waals surface area (Å²) in [5, 5.41) is 0.286. The van der Waals surface area contributed by atoms with E-state index >= 15 is 0 Å². The quantitative estimate of drug-likeness (QED) is 0.618. The van der Waals surface area contributed by atoms with Gasteiger partial charge in [0.15, 0.2) is 0 Å². The first-order valence-electron chi connectivity index (χ1n) is 6.40. The number of halogens is 1. The van der Waals surface area contributed by atoms with Gasteiger partial charge < -0.3 is 0 Å². The van der Waals surface area contributed by atoms with Crippen molar-refractivity contribution in [1.82, 2.24) is 9.88 Å². The monoisotopic (exact) mass is 280 g/mol. The van der Waals surface area contributed by atoms with Gasteiger partial charge >= 0.3 is 0 Å². The predicted octanol–water partition coefficient (Wildman–Crippen LogP) is 2.87. The van der Waals surface area contributed by atoms with Crippen LogP contribution in [0.5, 0.6) is 0 Å². The highest BCUT2D eigenvalue weighted by atomic mass is 35.5. The van der Waals surface area contributed by atoms with Gasteiger partial charge in [-0.1, -0.05) is 32.4 Å². The van der Waals surface area contributed by atoms with Crippen LogP contribution >= 0.6 is 11.6 Å². The molecule has 0 aliphatic carbocycles. The van der Waals surface area contributed by atoms with Gasteiger partial charge in [0, 0.05) is 24.2 Å². The maximum absolute atomic E-state index is 12.3. The predicted molar refractivity (Wildman–Crippen MR) is 73.2 cm³/mol. The summed E-state index contributed by atoms with van der Waals surface area (Å²) in [5.41, 5.74) is 1.20. The Balaban J connectivity index is 2.31. The highest BCUT2D eigenvalue weighted by Gasteiger charge is 2.32. The molecule has 1 aliphatic heterocycles. The molecule has 4 nitrogen and oxygen atoms in total. The van der Waals surface area contributed by atoms with Gasteiger partial charge in [-0.15, -0.1) is 0 Å². The molecule has 0 saturated carbocycles. The van der Waals surface area contributed by atoms with Crippen LogP contribution in [-0.2, 0) is 4.79 Å². The van der Waals surface area contributed by atoms with Crippen LogP contribution in [0.3, 0.4) is 0 Å². The smallest absolute Gasteiger partial charge is 0.260 e. The minimum atomic E-state index is -0.277. The molecule has 1 aromatic heterocycles. The number of hydrogen-bond donors (Lipinski definition) is 0. The lowest BCUT2D eigenvalue weighted by Crippen LogP contribution is -2.32. The van der Waals surface area contributed by atoms with Gasteiger partial charge in [-0.3, -0.25) is 14.5 Å². The Morgan fingerprint density at radius 1 is 1.47 bits per heavy atom. The molecule has 1 atom stereocenters. The molecule has 1 aromatic rings. The third-order valence-corrected chi connectivity index (χ3v) is 3.41. The van der Waals surface area contributed by atoms with E-state index < -0.39 is 0 Å². The van der Waals surface area contributed by atoms with Crippen LogP contribution in [0.4, 0.5) is 0 Å². The van der Waals surface area contributed by atoms with Crippen molar-refractivity contribution in [1.29, 1.82) is 0 Å². The second kappa shape index (κ2) is 5.29. The fraction of sp³-hybridized carbons (Fsp3) is 0.500. The van der Waals surface area contributed by atoms with Crippen molar-refractivity contribution >= 4 is 23.4 Å². The number of amides is 2. The number of pyridine rings is 1. The van der Waals surface area contributed by atoms with Crippen molar-refractivity contribution in [3.05, 3.63) is 28.5 Å². The third kappa shape index (κ3) is 2.95. The Kier molecular flexibility index (Phi) is 3.90. The molecular formula is C14H17ClN2O2. The first kappa shape index (κ1) is 14.0. The SMILES string of the molecule is CC1CC(=O)N(C(=O)c2cc(Cl)nc(C(C)C)c2)C1. The molecule has 0 aromatic carbocycles. The normalized spacial score (nSPS) is 19.3. The molecule has 1 unspecified atom stereocenters. The lowest BCUT2D eigenvalue weighted by Gasteiger charge is -2.15. The van der Waals surface area contributed by atoms with Crippen molar-refractivity contribution < 1.29 is 9.59 Å². The van der Waals surface area contributed by atoms with Crippen LogP contribution in [0.1, 0.15) is 49.2 Å². The Morgan fingerprint density at radius 2 is 2.16 bits per heavy atom. The zero-order valence-electron chi connectivity index (χ0n) is 11.3. The summed E-state index contributed by atoms with van der Waals surface area (Å²) >= 11 is 5.94. The summed E-state index contributed by atoms with van der Waals surface area (Å²) in [6.45, 7) is 6.41. The maximum Gasteiger partial charge on any atom is 0.260 e. The van der Waals surface area contributed by atoms with Crippen LogP contribution in [0.25, 0.3) is 0 Å². The van der Waals surface area contributed by atoms with Crippen LogP contribution < -0.4 is 0 Å². The van der Waals surface area contributed by atoms with E-state index in [2.05, 4.69) is 4.98 Å². The minimum absolute atomic E-state index is 0.114. The Labute approximate surface area is 117 Å². The van der Waals surface area contributed by atoms with Crippen molar-refractivity contribution in [3.63, 3.8) is 0 Å². The number of likely N-dealkylation sites (tertiary alicyclic amines) is 1. The first-order chi connectivity index (χ1) is 8.88. The first-order valence-corrected chi connectivity index (χ1v) is 6.78. The summed E-state index contributed by atoms with van der Waals surface area (Å²) in [5.74, 6) is 0.00821. The van der Waals surface area contributed by atoms with E-state index in [4.69, 9.17) is 11.6 Å². The molecule has 19 heavy (non-hydrogen) atoms. The van der Waals surface area contributed by atoms with Crippen LogP contribution in [0.2, 0.25) is 5.15 Å². The van der Waals surface area contributed by atoms with E-state index in [0.29, 0.717) is 18.5 Å². The summed E-state index contributed by atoms with van der Waals surface area (Å²) in [6, 6.07) is 3.24. The molecule has 2 amide bonds. The van der Waals surface area contributed by atoms with Crippen LogP contribution in [0.15, 0.2) is 12.1 Å². The molecule has 1 saturated heterocycles. The van der Waals surface area contributed by atoms with Crippen molar-refractivity contribution in [2.45, 2.75) is 33.1 Å². The molecule has 2 heterocycles. The largest absolute Gasteiger partial charge is 0.278 e. The second-order valence-electron chi connectivity index (χ2n) is 5.38. The molecule has 2 rings (SSSR count). The molecule has 0 radical (unpaired) electrons.